The van der Waals surface area contributed by atoms with E-state index in [-0.39, 0.29) is 12.0 Å². The highest BCUT2D eigenvalue weighted by Crippen LogP contribution is 2.26. The van der Waals surface area contributed by atoms with Crippen LogP contribution < -0.4 is 10.1 Å². The molecule has 2 unspecified atom stereocenters. The molecule has 0 spiro atoms. The lowest BCUT2D eigenvalue weighted by Crippen LogP contribution is -2.40. The average Bonchev–Trinajstić information content (AvgIpc) is 2.68. The number of amides is 1. The van der Waals surface area contributed by atoms with Crippen LogP contribution in [0.5, 0.6) is 5.75 Å². The molecule has 2 atom stereocenters. The Labute approximate surface area is 181 Å². The van der Waals surface area contributed by atoms with Crippen molar-refractivity contribution >= 4 is 21.8 Å². The molecule has 1 fully saturated rings. The number of rotatable bonds is 7. The van der Waals surface area contributed by atoms with Crippen LogP contribution in [0.15, 0.2) is 46.9 Å². The summed E-state index contributed by atoms with van der Waals surface area (Å²) in [6.07, 6.45) is -0.298. The van der Waals surface area contributed by atoms with E-state index in [0.717, 1.165) is 41.8 Å². The van der Waals surface area contributed by atoms with E-state index in [4.69, 9.17) is 9.47 Å². The molecule has 0 aromatic heterocycles. The molecular formula is C23H29BrN2O3. The third kappa shape index (κ3) is 6.56. The highest BCUT2D eigenvalue weighted by atomic mass is 79.9. The molecule has 2 aromatic carbocycles. The molecule has 0 bridgehead atoms. The largest absolute Gasteiger partial charge is 0.480 e. The smallest absolute Gasteiger partial charge is 0.261 e. The van der Waals surface area contributed by atoms with Gasteiger partial charge in [-0.3, -0.25) is 9.69 Å². The fourth-order valence-corrected chi connectivity index (χ4v) is 4.00. The standard InChI is InChI=1S/C23H29BrN2O3/c1-16-7-8-22(21(24)11-16)29-18(3)23(27)25-13-19-5-4-6-20(12-19)15-26-9-10-28-17(2)14-26/h4-8,11-12,17-18H,9-10,13-15H2,1-3H3,(H,25,27). The summed E-state index contributed by atoms with van der Waals surface area (Å²) in [5.41, 5.74) is 3.47. The number of carbonyl (C=O) groups is 1. The first kappa shape index (κ1) is 21.8. The van der Waals surface area contributed by atoms with Crippen LogP contribution in [-0.4, -0.2) is 42.7 Å². The van der Waals surface area contributed by atoms with Gasteiger partial charge in [0.1, 0.15) is 5.75 Å². The summed E-state index contributed by atoms with van der Waals surface area (Å²) in [5, 5.41) is 2.97. The zero-order valence-corrected chi connectivity index (χ0v) is 18.9. The van der Waals surface area contributed by atoms with E-state index in [1.165, 1.54) is 5.56 Å². The summed E-state index contributed by atoms with van der Waals surface area (Å²) in [6.45, 7) is 9.95. The minimum Gasteiger partial charge on any atom is -0.480 e. The summed E-state index contributed by atoms with van der Waals surface area (Å²) in [5.74, 6) is 0.532. The van der Waals surface area contributed by atoms with Crippen molar-refractivity contribution in [1.29, 1.82) is 0 Å². The number of morpholine rings is 1. The molecule has 0 aliphatic carbocycles. The number of aryl methyl sites for hydroxylation is 1. The van der Waals surface area contributed by atoms with Gasteiger partial charge in [-0.05, 0) is 65.5 Å². The second-order valence-corrected chi connectivity index (χ2v) is 8.50. The first-order valence-corrected chi connectivity index (χ1v) is 10.8. The molecule has 1 N–H and O–H groups in total. The van der Waals surface area contributed by atoms with E-state index in [9.17, 15) is 4.79 Å². The lowest BCUT2D eigenvalue weighted by atomic mass is 10.1. The highest BCUT2D eigenvalue weighted by molar-refractivity contribution is 9.10. The van der Waals surface area contributed by atoms with E-state index in [1.807, 2.05) is 37.3 Å². The van der Waals surface area contributed by atoms with Crippen LogP contribution in [0.2, 0.25) is 0 Å². The molecule has 1 amide bonds. The van der Waals surface area contributed by atoms with Crippen LogP contribution in [0.25, 0.3) is 0 Å². The Balaban J connectivity index is 1.51. The van der Waals surface area contributed by atoms with Crippen LogP contribution in [0.3, 0.4) is 0 Å². The van der Waals surface area contributed by atoms with Crippen molar-refractivity contribution in [2.24, 2.45) is 0 Å². The number of nitrogens with one attached hydrogen (secondary N) is 1. The zero-order chi connectivity index (χ0) is 20.8. The second-order valence-electron chi connectivity index (χ2n) is 7.65. The highest BCUT2D eigenvalue weighted by Gasteiger charge is 2.18. The Kier molecular flexibility index (Phi) is 7.70. The molecule has 2 aromatic rings. The van der Waals surface area contributed by atoms with Crippen LogP contribution in [-0.2, 0) is 22.6 Å². The van der Waals surface area contributed by atoms with Gasteiger partial charge in [0, 0.05) is 26.2 Å². The van der Waals surface area contributed by atoms with E-state index >= 15 is 0 Å². The molecule has 156 valence electrons. The molecule has 29 heavy (non-hydrogen) atoms. The maximum atomic E-state index is 12.5. The van der Waals surface area contributed by atoms with Crippen LogP contribution >= 0.6 is 15.9 Å². The number of ether oxygens (including phenoxy) is 2. The summed E-state index contributed by atoms with van der Waals surface area (Å²) in [6, 6.07) is 14.2. The van der Waals surface area contributed by atoms with Gasteiger partial charge in [0.15, 0.2) is 6.10 Å². The van der Waals surface area contributed by atoms with Gasteiger partial charge in [0.2, 0.25) is 0 Å². The van der Waals surface area contributed by atoms with Crippen molar-refractivity contribution in [3.8, 4) is 5.75 Å². The zero-order valence-electron chi connectivity index (χ0n) is 17.3. The molecular weight excluding hydrogens is 432 g/mol. The average molecular weight is 461 g/mol. The molecule has 6 heteroatoms. The minimum atomic E-state index is -0.577. The SMILES string of the molecule is Cc1ccc(OC(C)C(=O)NCc2cccc(CN3CCOC(C)C3)c2)c(Br)c1. The summed E-state index contributed by atoms with van der Waals surface area (Å²) >= 11 is 3.48. The predicted octanol–water partition coefficient (Wildman–Crippen LogP) is 4.06. The Morgan fingerprint density at radius 3 is 2.86 bits per heavy atom. The summed E-state index contributed by atoms with van der Waals surface area (Å²) in [4.78, 5) is 14.9. The van der Waals surface area contributed by atoms with Crippen molar-refractivity contribution in [3.05, 3.63) is 63.6 Å². The van der Waals surface area contributed by atoms with Crippen molar-refractivity contribution in [2.75, 3.05) is 19.7 Å². The maximum Gasteiger partial charge on any atom is 0.261 e. The number of hydrogen-bond donors (Lipinski definition) is 1. The lowest BCUT2D eigenvalue weighted by Gasteiger charge is -2.31. The number of halogens is 1. The van der Waals surface area contributed by atoms with Gasteiger partial charge < -0.3 is 14.8 Å². The van der Waals surface area contributed by atoms with Crippen molar-refractivity contribution in [3.63, 3.8) is 0 Å². The first-order chi connectivity index (χ1) is 13.9. The summed E-state index contributed by atoms with van der Waals surface area (Å²) in [7, 11) is 0. The Hall–Kier alpha value is -1.89. The van der Waals surface area contributed by atoms with Gasteiger partial charge >= 0.3 is 0 Å². The molecule has 3 rings (SSSR count). The molecule has 5 nitrogen and oxygen atoms in total. The van der Waals surface area contributed by atoms with Gasteiger partial charge in [0.05, 0.1) is 17.2 Å². The lowest BCUT2D eigenvalue weighted by molar-refractivity contribution is -0.127. The van der Waals surface area contributed by atoms with Crippen LogP contribution in [0.1, 0.15) is 30.5 Å². The van der Waals surface area contributed by atoms with E-state index in [2.05, 4.69) is 45.2 Å². The van der Waals surface area contributed by atoms with Crippen LogP contribution in [0, 0.1) is 6.92 Å². The molecule has 1 saturated heterocycles. The maximum absolute atomic E-state index is 12.5. The number of carbonyl (C=O) groups excluding carboxylic acids is 1. The Morgan fingerprint density at radius 2 is 2.10 bits per heavy atom. The monoisotopic (exact) mass is 460 g/mol. The third-order valence-electron chi connectivity index (χ3n) is 4.95. The van der Waals surface area contributed by atoms with Crippen molar-refractivity contribution < 1.29 is 14.3 Å². The first-order valence-electron chi connectivity index (χ1n) is 10.0. The van der Waals surface area contributed by atoms with Crippen LogP contribution in [0.4, 0.5) is 0 Å². The van der Waals surface area contributed by atoms with E-state index < -0.39 is 6.10 Å². The summed E-state index contributed by atoms with van der Waals surface area (Å²) < 4.78 is 12.3. The van der Waals surface area contributed by atoms with E-state index in [1.54, 1.807) is 6.92 Å². The number of hydrogen-bond acceptors (Lipinski definition) is 4. The van der Waals surface area contributed by atoms with Crippen molar-refractivity contribution in [1.82, 2.24) is 10.2 Å². The van der Waals surface area contributed by atoms with Gasteiger partial charge in [0.25, 0.3) is 5.91 Å². The van der Waals surface area contributed by atoms with Gasteiger partial charge in [-0.15, -0.1) is 0 Å². The normalized spacial score (nSPS) is 18.3. The third-order valence-corrected chi connectivity index (χ3v) is 5.57. The quantitative estimate of drug-likeness (QED) is 0.676. The molecule has 1 aliphatic rings. The molecule has 0 saturated carbocycles. The Bertz CT molecular complexity index is 843. The van der Waals surface area contributed by atoms with E-state index in [0.29, 0.717) is 12.3 Å². The second kappa shape index (κ2) is 10.2. The molecule has 0 radical (unpaired) electrons. The predicted molar refractivity (Wildman–Crippen MR) is 118 cm³/mol. The topological polar surface area (TPSA) is 50.8 Å². The number of benzene rings is 2. The molecule has 1 aliphatic heterocycles. The number of nitrogens with zero attached hydrogens (tertiary/aromatic N) is 1. The van der Waals surface area contributed by atoms with Gasteiger partial charge in [-0.25, -0.2) is 0 Å². The Morgan fingerprint density at radius 1 is 1.31 bits per heavy atom. The fraction of sp³-hybridized carbons (Fsp3) is 0.435. The fourth-order valence-electron chi connectivity index (χ4n) is 3.41. The van der Waals surface area contributed by atoms with Gasteiger partial charge in [-0.1, -0.05) is 30.3 Å². The van der Waals surface area contributed by atoms with Gasteiger partial charge in [-0.2, -0.15) is 0 Å². The molecule has 1 heterocycles. The van der Waals surface area contributed by atoms with Crippen molar-refractivity contribution in [2.45, 2.75) is 46.1 Å². The minimum absolute atomic E-state index is 0.134.